The fourth-order valence-electron chi connectivity index (χ4n) is 3.32. The van der Waals surface area contributed by atoms with Gasteiger partial charge in [0.1, 0.15) is 11.4 Å². The van der Waals surface area contributed by atoms with Crippen molar-refractivity contribution in [3.05, 3.63) is 36.4 Å². The molecule has 1 unspecified atom stereocenters. The lowest BCUT2D eigenvalue weighted by atomic mass is 9.92. The highest BCUT2D eigenvalue weighted by atomic mass is 16.5. The van der Waals surface area contributed by atoms with E-state index in [9.17, 15) is 4.79 Å². The van der Waals surface area contributed by atoms with E-state index in [4.69, 9.17) is 9.47 Å². The third-order valence-electron chi connectivity index (χ3n) is 4.40. The van der Waals surface area contributed by atoms with E-state index >= 15 is 0 Å². The van der Waals surface area contributed by atoms with Gasteiger partial charge in [-0.25, -0.2) is 0 Å². The van der Waals surface area contributed by atoms with Crippen LogP contribution in [0.25, 0.3) is 10.8 Å². The second kappa shape index (κ2) is 9.23. The molecular weight excluding hydrogens is 338 g/mol. The highest BCUT2D eigenvalue weighted by molar-refractivity contribution is 6.06. The topological polar surface area (TPSA) is 47.6 Å². The van der Waals surface area contributed by atoms with Crippen LogP contribution in [0.5, 0.6) is 5.75 Å². The first-order valence-corrected chi connectivity index (χ1v) is 9.90. The van der Waals surface area contributed by atoms with Crippen LogP contribution in [0.4, 0.5) is 5.69 Å². The summed E-state index contributed by atoms with van der Waals surface area (Å²) in [5.74, 6) is 1.08. The van der Waals surface area contributed by atoms with Crippen LogP contribution >= 0.6 is 0 Å². The van der Waals surface area contributed by atoms with Crippen molar-refractivity contribution in [2.75, 3.05) is 11.9 Å². The van der Waals surface area contributed by atoms with E-state index in [1.54, 1.807) is 0 Å². The lowest BCUT2D eigenvalue weighted by Gasteiger charge is -2.30. The zero-order chi connectivity index (χ0) is 20.0. The van der Waals surface area contributed by atoms with E-state index in [0.717, 1.165) is 28.6 Å². The number of rotatable bonds is 9. The molecule has 0 saturated carbocycles. The Kier molecular flexibility index (Phi) is 7.25. The quantitative estimate of drug-likeness (QED) is 0.606. The Labute approximate surface area is 163 Å². The Balaban J connectivity index is 2.35. The van der Waals surface area contributed by atoms with Gasteiger partial charge < -0.3 is 14.8 Å². The molecule has 2 aromatic rings. The maximum absolute atomic E-state index is 13.1. The van der Waals surface area contributed by atoms with Crippen molar-refractivity contribution in [1.29, 1.82) is 0 Å². The minimum Gasteiger partial charge on any atom is -0.490 e. The second-order valence-corrected chi connectivity index (χ2v) is 7.95. The van der Waals surface area contributed by atoms with Crippen molar-refractivity contribution in [2.45, 2.75) is 66.1 Å². The minimum absolute atomic E-state index is 0.0885. The molecule has 0 aromatic heterocycles. The van der Waals surface area contributed by atoms with E-state index in [2.05, 4.69) is 26.1 Å². The first kappa shape index (κ1) is 21.2. The Hall–Kier alpha value is -2.07. The molecule has 0 aliphatic rings. The predicted octanol–water partition coefficient (Wildman–Crippen LogP) is 5.80. The molecule has 148 valence electrons. The number of hydrogen-bond donors (Lipinski definition) is 1. The predicted molar refractivity (Wildman–Crippen MR) is 112 cm³/mol. The molecule has 0 aliphatic carbocycles. The molecule has 0 bridgehead atoms. The summed E-state index contributed by atoms with van der Waals surface area (Å²) < 4.78 is 11.9. The van der Waals surface area contributed by atoms with Gasteiger partial charge in [0.2, 0.25) is 0 Å². The monoisotopic (exact) mass is 371 g/mol. The van der Waals surface area contributed by atoms with Crippen molar-refractivity contribution >= 4 is 22.4 Å². The maximum atomic E-state index is 13.1. The Morgan fingerprint density at radius 2 is 1.74 bits per heavy atom. The minimum atomic E-state index is -0.849. The normalized spacial score (nSPS) is 13.8. The number of nitrogens with one attached hydrogen (secondary N) is 1. The molecule has 0 heterocycles. The van der Waals surface area contributed by atoms with Crippen molar-refractivity contribution in [2.24, 2.45) is 5.92 Å². The van der Waals surface area contributed by atoms with Crippen molar-refractivity contribution < 1.29 is 14.3 Å². The van der Waals surface area contributed by atoms with E-state index < -0.39 is 5.60 Å². The molecule has 1 amide bonds. The summed E-state index contributed by atoms with van der Waals surface area (Å²) in [5, 5.41) is 5.05. The zero-order valence-corrected chi connectivity index (χ0v) is 17.5. The molecule has 4 nitrogen and oxygen atoms in total. The number of anilines is 1. The van der Waals surface area contributed by atoms with Gasteiger partial charge >= 0.3 is 0 Å². The average molecular weight is 372 g/mol. The Bertz CT molecular complexity index is 769. The van der Waals surface area contributed by atoms with Crippen LogP contribution < -0.4 is 10.1 Å². The van der Waals surface area contributed by atoms with Crippen molar-refractivity contribution in [3.8, 4) is 5.75 Å². The van der Waals surface area contributed by atoms with Crippen LogP contribution in [0.2, 0.25) is 0 Å². The molecule has 2 aromatic carbocycles. The molecule has 1 N–H and O–H groups in total. The van der Waals surface area contributed by atoms with Crippen LogP contribution in [0, 0.1) is 5.92 Å². The molecular formula is C23H33NO3. The first-order valence-electron chi connectivity index (χ1n) is 9.90. The van der Waals surface area contributed by atoms with Gasteiger partial charge in [0.25, 0.3) is 5.91 Å². The summed E-state index contributed by atoms with van der Waals surface area (Å²) in [5.41, 5.74) is -0.0694. The average Bonchev–Trinajstić information content (AvgIpc) is 2.61. The lowest BCUT2D eigenvalue weighted by Crippen LogP contribution is -2.44. The largest absolute Gasteiger partial charge is 0.490 e. The Morgan fingerprint density at radius 3 is 2.33 bits per heavy atom. The SMILES string of the molecule is CCCOC(C)(CC(C)C)C(=O)Nc1ccc(OC(C)C)c2ccccc12. The molecule has 1 atom stereocenters. The van der Waals surface area contributed by atoms with Gasteiger partial charge in [-0.05, 0) is 51.7 Å². The highest BCUT2D eigenvalue weighted by Gasteiger charge is 2.35. The van der Waals surface area contributed by atoms with Crippen LogP contribution in [0.3, 0.4) is 0 Å². The number of ether oxygens (including phenoxy) is 2. The van der Waals surface area contributed by atoms with E-state index in [1.165, 1.54) is 0 Å². The molecule has 0 aliphatic heterocycles. The fourth-order valence-corrected chi connectivity index (χ4v) is 3.32. The van der Waals surface area contributed by atoms with Crippen LogP contribution in [0.1, 0.15) is 54.4 Å². The summed E-state index contributed by atoms with van der Waals surface area (Å²) in [6, 6.07) is 11.8. The summed E-state index contributed by atoms with van der Waals surface area (Å²) in [6.07, 6.45) is 1.64. The molecule has 0 radical (unpaired) electrons. The van der Waals surface area contributed by atoms with Gasteiger partial charge in [-0.1, -0.05) is 45.0 Å². The summed E-state index contributed by atoms with van der Waals surface area (Å²) in [6.45, 7) is 12.7. The first-order chi connectivity index (χ1) is 12.8. The van der Waals surface area contributed by atoms with E-state index in [0.29, 0.717) is 18.9 Å². The third-order valence-corrected chi connectivity index (χ3v) is 4.40. The fraction of sp³-hybridized carbons (Fsp3) is 0.522. The number of carbonyl (C=O) groups excluding carboxylic acids is 1. The Morgan fingerprint density at radius 1 is 1.07 bits per heavy atom. The molecule has 27 heavy (non-hydrogen) atoms. The molecule has 0 spiro atoms. The second-order valence-electron chi connectivity index (χ2n) is 7.95. The molecule has 0 saturated heterocycles. The maximum Gasteiger partial charge on any atom is 0.256 e. The third kappa shape index (κ3) is 5.46. The van der Waals surface area contributed by atoms with Crippen LogP contribution in [-0.4, -0.2) is 24.2 Å². The zero-order valence-electron chi connectivity index (χ0n) is 17.5. The van der Waals surface area contributed by atoms with E-state index in [-0.39, 0.29) is 12.0 Å². The number of fused-ring (bicyclic) bond motifs is 1. The van der Waals surface area contributed by atoms with E-state index in [1.807, 2.05) is 57.2 Å². The van der Waals surface area contributed by atoms with Gasteiger partial charge in [-0.15, -0.1) is 0 Å². The summed E-state index contributed by atoms with van der Waals surface area (Å²) in [7, 11) is 0. The van der Waals surface area contributed by atoms with Gasteiger partial charge in [-0.2, -0.15) is 0 Å². The van der Waals surface area contributed by atoms with Gasteiger partial charge in [0.15, 0.2) is 0 Å². The molecule has 0 fully saturated rings. The van der Waals surface area contributed by atoms with Gasteiger partial charge in [0, 0.05) is 23.1 Å². The summed E-state index contributed by atoms with van der Waals surface area (Å²) >= 11 is 0. The number of benzene rings is 2. The number of amides is 1. The van der Waals surface area contributed by atoms with Gasteiger partial charge in [0.05, 0.1) is 6.10 Å². The molecule has 2 rings (SSSR count). The van der Waals surface area contributed by atoms with Crippen molar-refractivity contribution in [3.63, 3.8) is 0 Å². The smallest absolute Gasteiger partial charge is 0.256 e. The lowest BCUT2D eigenvalue weighted by molar-refractivity contribution is -0.141. The number of carbonyl (C=O) groups is 1. The van der Waals surface area contributed by atoms with Crippen LogP contribution in [0.15, 0.2) is 36.4 Å². The van der Waals surface area contributed by atoms with Gasteiger partial charge in [-0.3, -0.25) is 4.79 Å². The summed E-state index contributed by atoms with van der Waals surface area (Å²) in [4.78, 5) is 13.1. The van der Waals surface area contributed by atoms with Crippen molar-refractivity contribution in [1.82, 2.24) is 0 Å². The number of hydrogen-bond acceptors (Lipinski definition) is 3. The highest BCUT2D eigenvalue weighted by Crippen LogP contribution is 2.33. The molecule has 4 heteroatoms. The standard InChI is InChI=1S/C23H33NO3/c1-7-14-26-23(6,15-16(2)3)22(25)24-20-12-13-21(27-17(4)5)19-11-9-8-10-18(19)20/h8-13,16-17H,7,14-15H2,1-6H3,(H,24,25). The van der Waals surface area contributed by atoms with Crippen LogP contribution in [-0.2, 0) is 9.53 Å².